The molecule has 0 heterocycles. The molecular weight excluding hydrogens is 352 g/mol. The summed E-state index contributed by atoms with van der Waals surface area (Å²) in [7, 11) is 0.941. The first-order valence-corrected chi connectivity index (χ1v) is 8.79. The van der Waals surface area contributed by atoms with Crippen LogP contribution in [-0.2, 0) is 10.0 Å². The number of sulfonamides is 1. The zero-order valence-electron chi connectivity index (χ0n) is 13.4. The normalized spacial score (nSPS) is 11.0. The lowest BCUT2D eigenvalue weighted by atomic mass is 10.2. The number of benzene rings is 2. The van der Waals surface area contributed by atoms with Gasteiger partial charge in [-0.1, -0.05) is 11.6 Å². The third-order valence-corrected chi connectivity index (χ3v) is 4.91. The van der Waals surface area contributed by atoms with Crippen LogP contribution in [0, 0.1) is 0 Å². The fourth-order valence-electron chi connectivity index (χ4n) is 1.98. The maximum atomic E-state index is 12.4. The SMILES string of the molecule is COc1ccc(NS(=O)(=O)c2ccc(C(=O)N(C)C)cc2)cc1Cl. The maximum Gasteiger partial charge on any atom is 0.261 e. The van der Waals surface area contributed by atoms with Gasteiger partial charge in [0.2, 0.25) is 0 Å². The Kier molecular flexibility index (Phi) is 5.36. The molecule has 128 valence electrons. The van der Waals surface area contributed by atoms with Gasteiger partial charge in [0, 0.05) is 19.7 Å². The number of rotatable bonds is 5. The van der Waals surface area contributed by atoms with Crippen molar-refractivity contribution in [2.24, 2.45) is 0 Å². The molecular formula is C16H17ClN2O4S. The Hall–Kier alpha value is -2.25. The van der Waals surface area contributed by atoms with E-state index in [4.69, 9.17) is 16.3 Å². The van der Waals surface area contributed by atoms with Crippen LogP contribution in [0.15, 0.2) is 47.4 Å². The highest BCUT2D eigenvalue weighted by molar-refractivity contribution is 7.92. The Bertz CT molecular complexity index is 849. The minimum absolute atomic E-state index is 0.0461. The number of halogens is 1. The van der Waals surface area contributed by atoms with E-state index in [2.05, 4.69) is 4.72 Å². The minimum atomic E-state index is -3.79. The molecule has 0 spiro atoms. The van der Waals surface area contributed by atoms with Gasteiger partial charge < -0.3 is 9.64 Å². The summed E-state index contributed by atoms with van der Waals surface area (Å²) in [5, 5.41) is 0.296. The summed E-state index contributed by atoms with van der Waals surface area (Å²) >= 11 is 5.99. The van der Waals surface area contributed by atoms with E-state index >= 15 is 0 Å². The topological polar surface area (TPSA) is 75.7 Å². The largest absolute Gasteiger partial charge is 0.495 e. The van der Waals surface area contributed by atoms with Crippen molar-refractivity contribution < 1.29 is 17.9 Å². The van der Waals surface area contributed by atoms with Crippen LogP contribution in [-0.4, -0.2) is 40.4 Å². The summed E-state index contributed by atoms with van der Waals surface area (Å²) < 4.78 is 32.3. The van der Waals surface area contributed by atoms with Crippen LogP contribution < -0.4 is 9.46 Å². The van der Waals surface area contributed by atoms with E-state index in [-0.39, 0.29) is 10.8 Å². The predicted molar refractivity (Wildman–Crippen MR) is 93.3 cm³/mol. The third kappa shape index (κ3) is 3.98. The number of hydrogen-bond donors (Lipinski definition) is 1. The predicted octanol–water partition coefficient (Wildman–Crippen LogP) is 2.85. The van der Waals surface area contributed by atoms with Crippen molar-refractivity contribution in [1.82, 2.24) is 4.90 Å². The van der Waals surface area contributed by atoms with E-state index in [0.29, 0.717) is 22.0 Å². The minimum Gasteiger partial charge on any atom is -0.495 e. The van der Waals surface area contributed by atoms with Crippen LogP contribution in [0.3, 0.4) is 0 Å². The molecule has 0 bridgehead atoms. The zero-order valence-corrected chi connectivity index (χ0v) is 15.0. The Morgan fingerprint density at radius 1 is 1.12 bits per heavy atom. The summed E-state index contributed by atoms with van der Waals surface area (Å²) in [6.07, 6.45) is 0. The van der Waals surface area contributed by atoms with Gasteiger partial charge in [-0.05, 0) is 42.5 Å². The number of methoxy groups -OCH3 is 1. The van der Waals surface area contributed by atoms with Crippen molar-refractivity contribution in [3.63, 3.8) is 0 Å². The fraction of sp³-hybridized carbons (Fsp3) is 0.188. The molecule has 1 N–H and O–H groups in total. The summed E-state index contributed by atoms with van der Waals surface area (Å²) in [6, 6.07) is 10.3. The molecule has 0 saturated carbocycles. The summed E-state index contributed by atoms with van der Waals surface area (Å²) in [5.74, 6) is 0.250. The maximum absolute atomic E-state index is 12.4. The highest BCUT2D eigenvalue weighted by atomic mass is 35.5. The molecule has 0 fully saturated rings. The number of ether oxygens (including phenoxy) is 1. The molecule has 0 aliphatic rings. The molecule has 0 unspecified atom stereocenters. The summed E-state index contributed by atoms with van der Waals surface area (Å²) in [4.78, 5) is 13.3. The fourth-order valence-corrected chi connectivity index (χ4v) is 3.29. The number of hydrogen-bond acceptors (Lipinski definition) is 4. The molecule has 8 heteroatoms. The van der Waals surface area contributed by atoms with Crippen molar-refractivity contribution in [2.75, 3.05) is 25.9 Å². The van der Waals surface area contributed by atoms with Crippen molar-refractivity contribution in [3.05, 3.63) is 53.1 Å². The van der Waals surface area contributed by atoms with Gasteiger partial charge in [0.25, 0.3) is 15.9 Å². The van der Waals surface area contributed by atoms with E-state index in [1.807, 2.05) is 0 Å². The lowest BCUT2D eigenvalue weighted by molar-refractivity contribution is 0.0827. The third-order valence-electron chi connectivity index (χ3n) is 3.22. The quantitative estimate of drug-likeness (QED) is 0.880. The van der Waals surface area contributed by atoms with E-state index in [9.17, 15) is 13.2 Å². The lowest BCUT2D eigenvalue weighted by Gasteiger charge is -2.12. The highest BCUT2D eigenvalue weighted by Crippen LogP contribution is 2.28. The highest BCUT2D eigenvalue weighted by Gasteiger charge is 2.16. The Balaban J connectivity index is 2.24. The van der Waals surface area contributed by atoms with E-state index in [1.54, 1.807) is 26.2 Å². The van der Waals surface area contributed by atoms with Gasteiger partial charge >= 0.3 is 0 Å². The molecule has 2 rings (SSSR count). The molecule has 6 nitrogen and oxygen atoms in total. The van der Waals surface area contributed by atoms with Gasteiger partial charge in [0.1, 0.15) is 5.75 Å². The second kappa shape index (κ2) is 7.11. The lowest BCUT2D eigenvalue weighted by Crippen LogP contribution is -2.21. The molecule has 0 saturated heterocycles. The second-order valence-corrected chi connectivity index (χ2v) is 7.27. The molecule has 0 aliphatic heterocycles. The average Bonchev–Trinajstić information content (AvgIpc) is 2.54. The first kappa shape index (κ1) is 18.1. The molecule has 2 aromatic rings. The number of nitrogens with one attached hydrogen (secondary N) is 1. The van der Waals surface area contributed by atoms with Crippen LogP contribution in [0.25, 0.3) is 0 Å². The first-order chi connectivity index (χ1) is 11.2. The number of carbonyl (C=O) groups excluding carboxylic acids is 1. The van der Waals surface area contributed by atoms with E-state index in [0.717, 1.165) is 0 Å². The standard InChI is InChI=1S/C16H17ClN2O4S/c1-19(2)16(20)11-4-7-13(8-5-11)24(21,22)18-12-6-9-15(23-3)14(17)10-12/h4-10,18H,1-3H3. The second-order valence-electron chi connectivity index (χ2n) is 5.18. The summed E-state index contributed by atoms with van der Waals surface area (Å²) in [5.41, 5.74) is 0.723. The van der Waals surface area contributed by atoms with Gasteiger partial charge in [-0.3, -0.25) is 9.52 Å². The monoisotopic (exact) mass is 368 g/mol. The Morgan fingerprint density at radius 2 is 1.75 bits per heavy atom. The number of anilines is 1. The first-order valence-electron chi connectivity index (χ1n) is 6.92. The zero-order chi connectivity index (χ0) is 17.9. The molecule has 0 aromatic heterocycles. The molecule has 2 aromatic carbocycles. The van der Waals surface area contributed by atoms with Crippen molar-refractivity contribution in [3.8, 4) is 5.75 Å². The van der Waals surface area contributed by atoms with Crippen LogP contribution in [0.1, 0.15) is 10.4 Å². The molecule has 0 radical (unpaired) electrons. The van der Waals surface area contributed by atoms with Crippen LogP contribution in [0.2, 0.25) is 5.02 Å². The molecule has 1 amide bonds. The number of carbonyl (C=O) groups is 1. The van der Waals surface area contributed by atoms with Gasteiger partial charge in [-0.2, -0.15) is 0 Å². The van der Waals surface area contributed by atoms with Crippen LogP contribution in [0.5, 0.6) is 5.75 Å². The Morgan fingerprint density at radius 3 is 2.25 bits per heavy atom. The summed E-state index contributed by atoms with van der Waals surface area (Å²) in [6.45, 7) is 0. The van der Waals surface area contributed by atoms with E-state index in [1.165, 1.54) is 42.3 Å². The van der Waals surface area contributed by atoms with Gasteiger partial charge in [-0.15, -0.1) is 0 Å². The molecule has 0 atom stereocenters. The Labute approximate surface area is 146 Å². The van der Waals surface area contributed by atoms with Crippen molar-refractivity contribution >= 4 is 33.2 Å². The average molecular weight is 369 g/mol. The van der Waals surface area contributed by atoms with Gasteiger partial charge in [0.15, 0.2) is 0 Å². The van der Waals surface area contributed by atoms with E-state index < -0.39 is 10.0 Å². The molecule has 24 heavy (non-hydrogen) atoms. The molecule has 0 aliphatic carbocycles. The number of nitrogens with zero attached hydrogens (tertiary/aromatic N) is 1. The number of amides is 1. The van der Waals surface area contributed by atoms with Crippen LogP contribution >= 0.6 is 11.6 Å². The van der Waals surface area contributed by atoms with Crippen molar-refractivity contribution in [2.45, 2.75) is 4.90 Å². The van der Waals surface area contributed by atoms with Gasteiger partial charge in [0.05, 0.1) is 22.7 Å². The van der Waals surface area contributed by atoms with Crippen LogP contribution in [0.4, 0.5) is 5.69 Å². The van der Waals surface area contributed by atoms with Gasteiger partial charge in [-0.25, -0.2) is 8.42 Å². The van der Waals surface area contributed by atoms with Crippen molar-refractivity contribution in [1.29, 1.82) is 0 Å². The smallest absolute Gasteiger partial charge is 0.261 e.